The van der Waals surface area contributed by atoms with E-state index in [2.05, 4.69) is 10.3 Å². The van der Waals surface area contributed by atoms with Crippen LogP contribution >= 0.6 is 0 Å². The normalized spacial score (nSPS) is 10.3. The third-order valence-electron chi connectivity index (χ3n) is 3.60. The first-order valence-electron chi connectivity index (χ1n) is 7.93. The number of halogens is 1. The van der Waals surface area contributed by atoms with Gasteiger partial charge >= 0.3 is 0 Å². The summed E-state index contributed by atoms with van der Waals surface area (Å²) in [6.07, 6.45) is 1.27. The number of rotatable bonds is 6. The fraction of sp³-hybridized carbons (Fsp3) is 0.0526. The molecule has 0 saturated carbocycles. The van der Waals surface area contributed by atoms with Gasteiger partial charge in [-0.2, -0.15) is 0 Å². The van der Waals surface area contributed by atoms with Gasteiger partial charge in [-0.25, -0.2) is 9.37 Å². The van der Waals surface area contributed by atoms with E-state index in [0.717, 1.165) is 0 Å². The fourth-order valence-electron chi connectivity index (χ4n) is 2.35. The molecular formula is C19H14FN3O4. The Morgan fingerprint density at radius 3 is 2.52 bits per heavy atom. The van der Waals surface area contributed by atoms with E-state index in [1.165, 1.54) is 42.6 Å². The Morgan fingerprint density at radius 2 is 1.85 bits per heavy atom. The van der Waals surface area contributed by atoms with Crippen molar-refractivity contribution in [3.8, 4) is 11.6 Å². The van der Waals surface area contributed by atoms with Crippen molar-refractivity contribution in [1.29, 1.82) is 0 Å². The van der Waals surface area contributed by atoms with Crippen molar-refractivity contribution in [3.63, 3.8) is 0 Å². The monoisotopic (exact) mass is 367 g/mol. The van der Waals surface area contributed by atoms with Gasteiger partial charge in [0.15, 0.2) is 0 Å². The quantitative estimate of drug-likeness (QED) is 0.523. The van der Waals surface area contributed by atoms with Crippen LogP contribution in [0.5, 0.6) is 11.6 Å². The lowest BCUT2D eigenvalue weighted by molar-refractivity contribution is -0.385. The molecule has 27 heavy (non-hydrogen) atoms. The summed E-state index contributed by atoms with van der Waals surface area (Å²) in [7, 11) is 0. The van der Waals surface area contributed by atoms with E-state index in [1.807, 2.05) is 0 Å². The van der Waals surface area contributed by atoms with E-state index in [9.17, 15) is 19.3 Å². The highest BCUT2D eigenvalue weighted by Crippen LogP contribution is 2.21. The second-order valence-electron chi connectivity index (χ2n) is 5.55. The lowest BCUT2D eigenvalue weighted by Crippen LogP contribution is -2.15. The molecule has 0 atom stereocenters. The molecule has 3 rings (SSSR count). The fourth-order valence-corrected chi connectivity index (χ4v) is 2.35. The number of carbonyl (C=O) groups excluding carboxylic acids is 1. The van der Waals surface area contributed by atoms with Crippen molar-refractivity contribution in [2.24, 2.45) is 0 Å². The summed E-state index contributed by atoms with van der Waals surface area (Å²) < 4.78 is 18.3. The number of hydrogen-bond donors (Lipinski definition) is 1. The molecule has 0 aliphatic heterocycles. The maximum Gasteiger partial charge on any atom is 0.273 e. The van der Waals surface area contributed by atoms with E-state index in [1.54, 1.807) is 24.3 Å². The van der Waals surface area contributed by atoms with Crippen LogP contribution in [0.4, 0.5) is 15.8 Å². The molecule has 0 radical (unpaired) electrons. The molecule has 3 aromatic rings. The van der Waals surface area contributed by atoms with Crippen molar-refractivity contribution < 1.29 is 18.8 Å². The second kappa shape index (κ2) is 8.05. The van der Waals surface area contributed by atoms with Crippen LogP contribution in [0.25, 0.3) is 0 Å². The maximum absolute atomic E-state index is 12.9. The predicted octanol–water partition coefficient (Wildman–Crippen LogP) is 4.10. The van der Waals surface area contributed by atoms with Crippen LogP contribution in [0.15, 0.2) is 66.9 Å². The highest BCUT2D eigenvalue weighted by Gasteiger charge is 2.15. The average molecular weight is 367 g/mol. The Morgan fingerprint density at radius 1 is 1.11 bits per heavy atom. The molecule has 2 aromatic carbocycles. The number of amides is 1. The number of pyridine rings is 1. The number of aromatic nitrogens is 1. The zero-order valence-electron chi connectivity index (χ0n) is 14.0. The highest BCUT2D eigenvalue weighted by atomic mass is 19.1. The summed E-state index contributed by atoms with van der Waals surface area (Å²) in [5, 5.41) is 13.6. The first-order chi connectivity index (χ1) is 13.0. The molecule has 8 heteroatoms. The van der Waals surface area contributed by atoms with Crippen LogP contribution in [0.1, 0.15) is 5.56 Å². The number of nitrogens with zero attached hydrogens (tertiary/aromatic N) is 2. The van der Waals surface area contributed by atoms with Crippen molar-refractivity contribution >= 4 is 17.3 Å². The van der Waals surface area contributed by atoms with Gasteiger partial charge in [0.1, 0.15) is 11.6 Å². The zero-order chi connectivity index (χ0) is 19.2. The van der Waals surface area contributed by atoms with Crippen LogP contribution in [0.2, 0.25) is 0 Å². The molecule has 0 bridgehead atoms. The average Bonchev–Trinajstić information content (AvgIpc) is 2.65. The summed E-state index contributed by atoms with van der Waals surface area (Å²) in [5.41, 5.74) is 0.642. The minimum absolute atomic E-state index is 0.103. The topological polar surface area (TPSA) is 94.4 Å². The van der Waals surface area contributed by atoms with Crippen molar-refractivity contribution in [1.82, 2.24) is 4.98 Å². The van der Waals surface area contributed by atoms with Crippen LogP contribution in [-0.2, 0) is 11.2 Å². The molecule has 1 aromatic heterocycles. The van der Waals surface area contributed by atoms with Crippen molar-refractivity contribution in [3.05, 3.63) is 88.4 Å². The first-order valence-corrected chi connectivity index (χ1v) is 7.93. The molecule has 136 valence electrons. The number of hydrogen-bond acceptors (Lipinski definition) is 5. The number of benzene rings is 2. The number of ether oxygens (including phenoxy) is 1. The summed E-state index contributed by atoms with van der Waals surface area (Å²) in [4.78, 5) is 26.7. The van der Waals surface area contributed by atoms with Crippen LogP contribution in [0, 0.1) is 15.9 Å². The molecule has 0 saturated heterocycles. The Bertz CT molecular complexity index is 959. The molecule has 0 unspecified atom stereocenters. The first kappa shape index (κ1) is 18.0. The molecular weight excluding hydrogens is 353 g/mol. The Kier molecular flexibility index (Phi) is 5.36. The Labute approximate surface area is 153 Å². The Balaban J connectivity index is 1.62. The minimum atomic E-state index is -0.522. The second-order valence-corrected chi connectivity index (χ2v) is 5.55. The summed E-state index contributed by atoms with van der Waals surface area (Å²) in [6.45, 7) is 0. The van der Waals surface area contributed by atoms with E-state index in [-0.39, 0.29) is 23.8 Å². The smallest absolute Gasteiger partial charge is 0.273 e. The minimum Gasteiger partial charge on any atom is -0.439 e. The molecule has 0 aliphatic carbocycles. The van der Waals surface area contributed by atoms with E-state index >= 15 is 0 Å². The highest BCUT2D eigenvalue weighted by molar-refractivity contribution is 5.92. The van der Waals surface area contributed by atoms with Gasteiger partial charge in [-0.1, -0.05) is 18.2 Å². The predicted molar refractivity (Wildman–Crippen MR) is 96.1 cm³/mol. The molecule has 1 N–H and O–H groups in total. The molecule has 0 fully saturated rings. The summed E-state index contributed by atoms with van der Waals surface area (Å²) >= 11 is 0. The van der Waals surface area contributed by atoms with E-state index in [4.69, 9.17) is 4.74 Å². The number of para-hydroxylation sites is 1. The van der Waals surface area contributed by atoms with Crippen LogP contribution in [0.3, 0.4) is 0 Å². The van der Waals surface area contributed by atoms with Gasteiger partial charge in [-0.15, -0.1) is 0 Å². The molecule has 1 amide bonds. The molecule has 0 aliphatic rings. The van der Waals surface area contributed by atoms with Gasteiger partial charge in [0.2, 0.25) is 11.8 Å². The van der Waals surface area contributed by atoms with Crippen molar-refractivity contribution in [2.75, 3.05) is 5.32 Å². The lowest BCUT2D eigenvalue weighted by Gasteiger charge is -2.07. The maximum atomic E-state index is 12.9. The molecule has 1 heterocycles. The molecule has 7 nitrogen and oxygen atoms in total. The standard InChI is InChI=1S/C19H14FN3O4/c20-14-5-8-16(9-6-14)27-19-10-7-15(12-21-19)22-18(24)11-13-3-1-2-4-17(13)23(25)26/h1-10,12H,11H2,(H,22,24). The summed E-state index contributed by atoms with van der Waals surface area (Å²) in [6, 6.07) is 14.7. The SMILES string of the molecule is O=C(Cc1ccccc1[N+](=O)[O-])Nc1ccc(Oc2ccc(F)cc2)nc1. The van der Waals surface area contributed by atoms with Gasteiger partial charge in [-0.05, 0) is 30.3 Å². The van der Waals surface area contributed by atoms with E-state index in [0.29, 0.717) is 17.0 Å². The van der Waals surface area contributed by atoms with Gasteiger partial charge in [0, 0.05) is 17.7 Å². The van der Waals surface area contributed by atoms with Crippen molar-refractivity contribution in [2.45, 2.75) is 6.42 Å². The molecule has 0 spiro atoms. The number of nitro groups is 1. The summed E-state index contributed by atoms with van der Waals surface area (Å²) in [5.74, 6) is -0.0688. The third-order valence-corrected chi connectivity index (χ3v) is 3.60. The number of nitrogens with one attached hydrogen (secondary N) is 1. The van der Waals surface area contributed by atoms with Gasteiger partial charge < -0.3 is 10.1 Å². The van der Waals surface area contributed by atoms with Crippen LogP contribution < -0.4 is 10.1 Å². The number of anilines is 1. The van der Waals surface area contributed by atoms with E-state index < -0.39 is 10.8 Å². The zero-order valence-corrected chi connectivity index (χ0v) is 14.0. The number of nitro benzene ring substituents is 1. The third kappa shape index (κ3) is 4.85. The Hall–Kier alpha value is -3.81. The number of carbonyl (C=O) groups is 1. The van der Waals surface area contributed by atoms with Gasteiger partial charge in [0.25, 0.3) is 5.69 Å². The lowest BCUT2D eigenvalue weighted by atomic mass is 10.1. The van der Waals surface area contributed by atoms with Gasteiger partial charge in [0.05, 0.1) is 23.2 Å². The largest absolute Gasteiger partial charge is 0.439 e. The van der Waals surface area contributed by atoms with Gasteiger partial charge in [-0.3, -0.25) is 14.9 Å². The van der Waals surface area contributed by atoms with Crippen LogP contribution in [-0.4, -0.2) is 15.8 Å².